The van der Waals surface area contributed by atoms with Gasteiger partial charge in [-0.05, 0) is 40.2 Å². The standard InChI is InChI=1S/C16H24N2O5/c1-6-18(7-2)12(19)9-23-16(21)14-10(4)13(11(5)17-14)15(20)22-8-3/h17H,6-9H2,1-5H3. The summed E-state index contributed by atoms with van der Waals surface area (Å²) in [5.74, 6) is -1.41. The maximum atomic E-state index is 12.1. The number of likely N-dealkylation sites (N-methyl/N-ethyl adjacent to an activating group) is 1. The SMILES string of the molecule is CCOC(=O)c1c(C)[nH]c(C(=O)OCC(=O)N(CC)CC)c1C. The average Bonchev–Trinajstić information content (AvgIpc) is 2.81. The topological polar surface area (TPSA) is 88.7 Å². The number of esters is 2. The van der Waals surface area contributed by atoms with E-state index in [9.17, 15) is 14.4 Å². The molecule has 1 aromatic heterocycles. The molecule has 7 nitrogen and oxygen atoms in total. The molecule has 0 saturated carbocycles. The monoisotopic (exact) mass is 324 g/mol. The van der Waals surface area contributed by atoms with Crippen molar-refractivity contribution in [2.24, 2.45) is 0 Å². The van der Waals surface area contributed by atoms with Gasteiger partial charge in [-0.25, -0.2) is 9.59 Å². The lowest BCUT2D eigenvalue weighted by atomic mass is 10.1. The lowest BCUT2D eigenvalue weighted by Crippen LogP contribution is -2.34. The van der Waals surface area contributed by atoms with Gasteiger partial charge in [0.15, 0.2) is 6.61 Å². The van der Waals surface area contributed by atoms with Crippen LogP contribution in [0.15, 0.2) is 0 Å². The highest BCUT2D eigenvalue weighted by Gasteiger charge is 2.24. The summed E-state index contributed by atoms with van der Waals surface area (Å²) in [4.78, 5) is 40.3. The summed E-state index contributed by atoms with van der Waals surface area (Å²) >= 11 is 0. The van der Waals surface area contributed by atoms with Gasteiger partial charge in [-0.3, -0.25) is 4.79 Å². The summed E-state index contributed by atoms with van der Waals surface area (Å²) in [5, 5.41) is 0. The number of amides is 1. The second-order valence-corrected chi connectivity index (χ2v) is 4.99. The van der Waals surface area contributed by atoms with E-state index in [0.717, 1.165) is 0 Å². The van der Waals surface area contributed by atoms with Gasteiger partial charge in [0.25, 0.3) is 5.91 Å². The number of ether oxygens (including phenoxy) is 2. The van der Waals surface area contributed by atoms with Gasteiger partial charge in [-0.15, -0.1) is 0 Å². The second-order valence-electron chi connectivity index (χ2n) is 4.99. The molecule has 0 atom stereocenters. The molecule has 0 aliphatic rings. The van der Waals surface area contributed by atoms with E-state index < -0.39 is 11.9 Å². The van der Waals surface area contributed by atoms with Crippen LogP contribution in [0.4, 0.5) is 0 Å². The Balaban J connectivity index is 2.84. The number of rotatable bonds is 7. The minimum Gasteiger partial charge on any atom is -0.462 e. The van der Waals surface area contributed by atoms with Crippen LogP contribution in [0.1, 0.15) is 52.9 Å². The van der Waals surface area contributed by atoms with Crippen LogP contribution in [0.2, 0.25) is 0 Å². The van der Waals surface area contributed by atoms with Gasteiger partial charge < -0.3 is 19.4 Å². The van der Waals surface area contributed by atoms with Crippen LogP contribution in [-0.2, 0) is 14.3 Å². The third-order valence-electron chi connectivity index (χ3n) is 3.56. The highest BCUT2D eigenvalue weighted by molar-refractivity contribution is 5.99. The van der Waals surface area contributed by atoms with Gasteiger partial charge >= 0.3 is 11.9 Å². The minimum atomic E-state index is -0.665. The quantitative estimate of drug-likeness (QED) is 0.773. The molecule has 0 aromatic carbocycles. The van der Waals surface area contributed by atoms with Crippen molar-refractivity contribution in [1.29, 1.82) is 0 Å². The largest absolute Gasteiger partial charge is 0.462 e. The Morgan fingerprint density at radius 3 is 2.13 bits per heavy atom. The van der Waals surface area contributed by atoms with Crippen molar-refractivity contribution < 1.29 is 23.9 Å². The van der Waals surface area contributed by atoms with Crippen LogP contribution < -0.4 is 0 Å². The Morgan fingerprint density at radius 1 is 1.00 bits per heavy atom. The Bertz CT molecular complexity index is 588. The maximum Gasteiger partial charge on any atom is 0.355 e. The Hall–Kier alpha value is -2.31. The molecule has 0 radical (unpaired) electrons. The highest BCUT2D eigenvalue weighted by Crippen LogP contribution is 2.19. The van der Waals surface area contributed by atoms with E-state index in [-0.39, 0.29) is 24.8 Å². The summed E-state index contributed by atoms with van der Waals surface area (Å²) in [5.41, 5.74) is 1.48. The first kappa shape index (κ1) is 18.7. The molecule has 1 heterocycles. The van der Waals surface area contributed by atoms with E-state index >= 15 is 0 Å². The van der Waals surface area contributed by atoms with E-state index in [1.807, 2.05) is 13.8 Å². The molecule has 0 unspecified atom stereocenters. The number of aromatic nitrogens is 1. The first-order chi connectivity index (χ1) is 10.9. The number of nitrogens with zero attached hydrogens (tertiary/aromatic N) is 1. The molecule has 0 aliphatic heterocycles. The number of carbonyl (C=O) groups is 3. The second kappa shape index (κ2) is 8.36. The molecule has 1 rings (SSSR count). The van der Waals surface area contributed by atoms with Gasteiger partial charge in [0.1, 0.15) is 5.69 Å². The fraction of sp³-hybridized carbons (Fsp3) is 0.562. The Kier molecular flexibility index (Phi) is 6.81. The molecule has 0 bridgehead atoms. The van der Waals surface area contributed by atoms with Crippen molar-refractivity contribution in [1.82, 2.24) is 9.88 Å². The van der Waals surface area contributed by atoms with Crippen molar-refractivity contribution in [3.63, 3.8) is 0 Å². The molecule has 0 fully saturated rings. The van der Waals surface area contributed by atoms with Crippen molar-refractivity contribution >= 4 is 17.8 Å². The van der Waals surface area contributed by atoms with E-state index in [2.05, 4.69) is 4.98 Å². The smallest absolute Gasteiger partial charge is 0.355 e. The first-order valence-electron chi connectivity index (χ1n) is 7.68. The zero-order chi connectivity index (χ0) is 17.6. The summed E-state index contributed by atoms with van der Waals surface area (Å²) in [7, 11) is 0. The molecule has 1 aromatic rings. The predicted molar refractivity (Wildman–Crippen MR) is 84.4 cm³/mol. The van der Waals surface area contributed by atoms with Gasteiger partial charge in [0.2, 0.25) is 0 Å². The van der Waals surface area contributed by atoms with Gasteiger partial charge in [-0.2, -0.15) is 0 Å². The van der Waals surface area contributed by atoms with Crippen LogP contribution in [-0.4, -0.2) is 54.0 Å². The molecule has 7 heteroatoms. The summed E-state index contributed by atoms with van der Waals surface area (Å²) in [6.07, 6.45) is 0. The van der Waals surface area contributed by atoms with Crippen LogP contribution in [0.5, 0.6) is 0 Å². The van der Waals surface area contributed by atoms with Crippen LogP contribution in [0.3, 0.4) is 0 Å². The minimum absolute atomic E-state index is 0.165. The number of carbonyl (C=O) groups excluding carboxylic acids is 3. The zero-order valence-electron chi connectivity index (χ0n) is 14.3. The molecular formula is C16H24N2O5. The molecule has 128 valence electrons. The molecule has 23 heavy (non-hydrogen) atoms. The molecule has 1 amide bonds. The summed E-state index contributed by atoms with van der Waals surface area (Å²) in [6, 6.07) is 0. The lowest BCUT2D eigenvalue weighted by molar-refractivity contribution is -0.134. The van der Waals surface area contributed by atoms with Crippen molar-refractivity contribution in [3.8, 4) is 0 Å². The maximum absolute atomic E-state index is 12.1. The van der Waals surface area contributed by atoms with Gasteiger partial charge in [0.05, 0.1) is 12.2 Å². The predicted octanol–water partition coefficient (Wildman–Crippen LogP) is 1.83. The van der Waals surface area contributed by atoms with E-state index in [4.69, 9.17) is 9.47 Å². The fourth-order valence-electron chi connectivity index (χ4n) is 2.33. The lowest BCUT2D eigenvalue weighted by Gasteiger charge is -2.18. The fourth-order valence-corrected chi connectivity index (χ4v) is 2.33. The molecule has 0 spiro atoms. The molecule has 0 saturated heterocycles. The van der Waals surface area contributed by atoms with E-state index in [0.29, 0.717) is 29.9 Å². The first-order valence-corrected chi connectivity index (χ1v) is 7.68. The van der Waals surface area contributed by atoms with Crippen LogP contribution in [0, 0.1) is 13.8 Å². The van der Waals surface area contributed by atoms with Crippen LogP contribution in [0.25, 0.3) is 0 Å². The Labute approximate surface area is 135 Å². The summed E-state index contributed by atoms with van der Waals surface area (Å²) in [6.45, 7) is 9.77. The van der Waals surface area contributed by atoms with Crippen molar-refractivity contribution in [2.45, 2.75) is 34.6 Å². The summed E-state index contributed by atoms with van der Waals surface area (Å²) < 4.78 is 10.0. The normalized spacial score (nSPS) is 10.3. The number of H-pyrrole nitrogens is 1. The number of nitrogens with one attached hydrogen (secondary N) is 1. The number of aryl methyl sites for hydroxylation is 1. The van der Waals surface area contributed by atoms with Gasteiger partial charge in [-0.1, -0.05) is 0 Å². The zero-order valence-corrected chi connectivity index (χ0v) is 14.3. The number of aromatic amines is 1. The average molecular weight is 324 g/mol. The molecular weight excluding hydrogens is 300 g/mol. The van der Waals surface area contributed by atoms with Crippen molar-refractivity contribution in [3.05, 3.63) is 22.5 Å². The third kappa shape index (κ3) is 4.34. The number of hydrogen-bond acceptors (Lipinski definition) is 5. The van der Waals surface area contributed by atoms with E-state index in [1.54, 1.807) is 25.7 Å². The highest BCUT2D eigenvalue weighted by atomic mass is 16.5. The number of hydrogen-bond donors (Lipinski definition) is 1. The van der Waals surface area contributed by atoms with E-state index in [1.165, 1.54) is 0 Å². The third-order valence-corrected chi connectivity index (χ3v) is 3.56. The van der Waals surface area contributed by atoms with Crippen LogP contribution >= 0.6 is 0 Å². The molecule has 0 aliphatic carbocycles. The van der Waals surface area contributed by atoms with Gasteiger partial charge in [0, 0.05) is 18.8 Å². The Morgan fingerprint density at radius 2 is 1.61 bits per heavy atom. The molecule has 1 N–H and O–H groups in total. The van der Waals surface area contributed by atoms with Crippen molar-refractivity contribution in [2.75, 3.05) is 26.3 Å².